The van der Waals surface area contributed by atoms with Gasteiger partial charge in [0.25, 0.3) is 0 Å². The highest BCUT2D eigenvalue weighted by Crippen LogP contribution is 2.46. The molecule has 3 aromatic carbocycles. The van der Waals surface area contributed by atoms with Crippen LogP contribution in [0, 0.1) is 5.92 Å². The predicted octanol–water partition coefficient (Wildman–Crippen LogP) is 5.46. The molecule has 0 saturated heterocycles. The third-order valence-corrected chi connectivity index (χ3v) is 8.43. The van der Waals surface area contributed by atoms with Crippen molar-refractivity contribution in [2.45, 2.75) is 17.5 Å². The first kappa shape index (κ1) is 22.5. The van der Waals surface area contributed by atoms with E-state index in [-0.39, 0.29) is 22.6 Å². The molecule has 4 aromatic rings. The maximum Gasteiger partial charge on any atom is 0.308 e. The fourth-order valence-electron chi connectivity index (χ4n) is 4.28. The van der Waals surface area contributed by atoms with Gasteiger partial charge in [0.1, 0.15) is 5.75 Å². The van der Waals surface area contributed by atoms with E-state index in [1.165, 1.54) is 11.3 Å². The van der Waals surface area contributed by atoms with Gasteiger partial charge in [-0.15, -0.1) is 11.8 Å². The third-order valence-electron chi connectivity index (χ3n) is 5.99. The first-order chi connectivity index (χ1) is 16.6. The molecule has 5 nitrogen and oxygen atoms in total. The summed E-state index contributed by atoms with van der Waals surface area (Å²) in [6.07, 6.45) is 0. The first-order valence-corrected chi connectivity index (χ1v) is 12.8. The number of ether oxygens (including phenoxy) is 1. The van der Waals surface area contributed by atoms with Crippen LogP contribution < -0.4 is 14.9 Å². The second-order valence-electron chi connectivity index (χ2n) is 8.13. The summed E-state index contributed by atoms with van der Waals surface area (Å²) in [5, 5.41) is 4.04. The van der Waals surface area contributed by atoms with Gasteiger partial charge in [-0.3, -0.25) is 14.2 Å². The van der Waals surface area contributed by atoms with E-state index in [0.29, 0.717) is 12.3 Å². The van der Waals surface area contributed by atoms with Crippen LogP contribution in [0.3, 0.4) is 0 Å². The highest BCUT2D eigenvalue weighted by Gasteiger charge is 2.39. The molecule has 1 amide bonds. The molecule has 5 rings (SSSR count). The SMILES string of the molecule is COc1ccc(NC(=O)C2CSc3c(sc(=O)n3Cc3ccccc3)C2c2ccccc2)cc1. The molecule has 1 N–H and O–H groups in total. The van der Waals surface area contributed by atoms with E-state index in [1.807, 2.05) is 89.5 Å². The Balaban J connectivity index is 1.49. The number of anilines is 1. The Bertz CT molecular complexity index is 1330. The monoisotopic (exact) mass is 488 g/mol. The van der Waals surface area contributed by atoms with Gasteiger partial charge >= 0.3 is 4.87 Å². The maximum atomic E-state index is 13.5. The summed E-state index contributed by atoms with van der Waals surface area (Å²) >= 11 is 2.86. The van der Waals surface area contributed by atoms with Crippen LogP contribution >= 0.6 is 23.1 Å². The number of carbonyl (C=O) groups is 1. The van der Waals surface area contributed by atoms with Crippen LogP contribution in [-0.2, 0) is 11.3 Å². The lowest BCUT2D eigenvalue weighted by Gasteiger charge is -2.31. The number of hydrogen-bond acceptors (Lipinski definition) is 5. The number of hydrogen-bond donors (Lipinski definition) is 1. The zero-order chi connectivity index (χ0) is 23.5. The number of benzene rings is 3. The number of thiazole rings is 1. The lowest BCUT2D eigenvalue weighted by atomic mass is 9.85. The zero-order valence-corrected chi connectivity index (χ0v) is 20.3. The number of carbonyl (C=O) groups excluding carboxylic acids is 1. The van der Waals surface area contributed by atoms with Gasteiger partial charge < -0.3 is 10.1 Å². The minimum Gasteiger partial charge on any atom is -0.497 e. The van der Waals surface area contributed by atoms with Gasteiger partial charge in [-0.05, 0) is 35.4 Å². The molecule has 2 heterocycles. The molecule has 2 unspecified atom stereocenters. The van der Waals surface area contributed by atoms with E-state index < -0.39 is 0 Å². The van der Waals surface area contributed by atoms with Crippen molar-refractivity contribution >= 4 is 34.7 Å². The highest BCUT2D eigenvalue weighted by molar-refractivity contribution is 7.99. The summed E-state index contributed by atoms with van der Waals surface area (Å²) in [6, 6.07) is 27.4. The number of methoxy groups -OCH3 is 1. The van der Waals surface area contributed by atoms with Crippen LogP contribution in [0.4, 0.5) is 5.69 Å². The van der Waals surface area contributed by atoms with E-state index >= 15 is 0 Å². The van der Waals surface area contributed by atoms with Crippen LogP contribution in [0.2, 0.25) is 0 Å². The van der Waals surface area contributed by atoms with Crippen molar-refractivity contribution in [1.82, 2.24) is 4.57 Å². The number of thioether (sulfide) groups is 1. The number of amides is 1. The van der Waals surface area contributed by atoms with Gasteiger partial charge in [0.05, 0.1) is 24.6 Å². The Morgan fingerprint density at radius 2 is 1.68 bits per heavy atom. The van der Waals surface area contributed by atoms with Gasteiger partial charge in [-0.25, -0.2) is 0 Å². The van der Waals surface area contributed by atoms with Crippen molar-refractivity contribution in [3.05, 3.63) is 111 Å². The second kappa shape index (κ2) is 9.91. The largest absolute Gasteiger partial charge is 0.497 e. The molecular weight excluding hydrogens is 464 g/mol. The second-order valence-corrected chi connectivity index (χ2v) is 10.1. The van der Waals surface area contributed by atoms with Crippen molar-refractivity contribution in [3.63, 3.8) is 0 Å². The molecule has 2 atom stereocenters. The van der Waals surface area contributed by atoms with Gasteiger partial charge in [0, 0.05) is 22.2 Å². The standard InChI is InChI=1S/C27H24N2O3S2/c1-32-21-14-12-20(13-15-21)28-25(30)22-17-33-26-24(23(22)19-10-6-3-7-11-19)34-27(31)29(26)16-18-8-4-2-5-9-18/h2-15,22-23H,16-17H2,1H3,(H,28,30). The molecule has 0 fully saturated rings. The van der Waals surface area contributed by atoms with Crippen LogP contribution in [-0.4, -0.2) is 23.3 Å². The number of nitrogens with one attached hydrogen (secondary N) is 1. The summed E-state index contributed by atoms with van der Waals surface area (Å²) < 4.78 is 7.07. The molecule has 1 aliphatic heterocycles. The molecule has 34 heavy (non-hydrogen) atoms. The molecule has 0 aliphatic carbocycles. The molecule has 7 heteroatoms. The van der Waals surface area contributed by atoms with Crippen LogP contribution in [0.5, 0.6) is 5.75 Å². The van der Waals surface area contributed by atoms with Crippen molar-refractivity contribution < 1.29 is 9.53 Å². The van der Waals surface area contributed by atoms with E-state index in [9.17, 15) is 9.59 Å². The summed E-state index contributed by atoms with van der Waals surface area (Å²) in [6.45, 7) is 0.530. The van der Waals surface area contributed by atoms with E-state index in [0.717, 1.165) is 32.5 Å². The number of rotatable bonds is 6. The summed E-state index contributed by atoms with van der Waals surface area (Å²) in [5.41, 5.74) is 2.86. The first-order valence-electron chi connectivity index (χ1n) is 11.0. The van der Waals surface area contributed by atoms with Gasteiger partial charge in [-0.1, -0.05) is 72.0 Å². The fourth-order valence-corrected chi connectivity index (χ4v) is 6.98. The summed E-state index contributed by atoms with van der Waals surface area (Å²) in [7, 11) is 1.62. The number of aromatic nitrogens is 1. The minimum atomic E-state index is -0.301. The van der Waals surface area contributed by atoms with E-state index in [1.54, 1.807) is 18.9 Å². The average Bonchev–Trinajstić information content (AvgIpc) is 3.19. The topological polar surface area (TPSA) is 60.3 Å². The third kappa shape index (κ3) is 4.54. The fraction of sp³-hybridized carbons (Fsp3) is 0.185. The molecule has 172 valence electrons. The van der Waals surface area contributed by atoms with Crippen LogP contribution in [0.25, 0.3) is 0 Å². The Hall–Kier alpha value is -3.29. The Kier molecular flexibility index (Phi) is 6.56. The highest BCUT2D eigenvalue weighted by atomic mass is 32.2. The van der Waals surface area contributed by atoms with Gasteiger partial charge in [0.15, 0.2) is 0 Å². The summed E-state index contributed by atoms with van der Waals surface area (Å²) in [4.78, 5) is 27.5. The predicted molar refractivity (Wildman–Crippen MR) is 138 cm³/mol. The maximum absolute atomic E-state index is 13.5. The Morgan fingerprint density at radius 3 is 2.35 bits per heavy atom. The quantitative estimate of drug-likeness (QED) is 0.392. The van der Waals surface area contributed by atoms with Crippen molar-refractivity contribution in [2.75, 3.05) is 18.2 Å². The van der Waals surface area contributed by atoms with E-state index in [4.69, 9.17) is 4.74 Å². The van der Waals surface area contributed by atoms with E-state index in [2.05, 4.69) is 5.32 Å². The van der Waals surface area contributed by atoms with Crippen LogP contribution in [0.1, 0.15) is 21.9 Å². The molecule has 1 aromatic heterocycles. The average molecular weight is 489 g/mol. The molecular formula is C27H24N2O3S2. The lowest BCUT2D eigenvalue weighted by molar-refractivity contribution is -0.119. The smallest absolute Gasteiger partial charge is 0.308 e. The Labute approximate surface area is 206 Å². The molecule has 1 aliphatic rings. The minimum absolute atomic E-state index is 0.0125. The summed E-state index contributed by atoms with van der Waals surface area (Å²) in [5.74, 6) is 0.810. The Morgan fingerprint density at radius 1 is 1.00 bits per heavy atom. The van der Waals surface area contributed by atoms with Crippen molar-refractivity contribution in [2.24, 2.45) is 5.92 Å². The van der Waals surface area contributed by atoms with Gasteiger partial charge in [-0.2, -0.15) is 0 Å². The molecule has 0 spiro atoms. The molecule has 0 bridgehead atoms. The van der Waals surface area contributed by atoms with Crippen molar-refractivity contribution in [1.29, 1.82) is 0 Å². The zero-order valence-electron chi connectivity index (χ0n) is 18.6. The lowest BCUT2D eigenvalue weighted by Crippen LogP contribution is -2.33. The number of fused-ring (bicyclic) bond motifs is 1. The normalized spacial score (nSPS) is 17.1. The molecule has 0 saturated carbocycles. The van der Waals surface area contributed by atoms with Gasteiger partial charge in [0.2, 0.25) is 5.91 Å². The molecule has 0 radical (unpaired) electrons. The number of nitrogens with zero attached hydrogens (tertiary/aromatic N) is 1. The van der Waals surface area contributed by atoms with Crippen molar-refractivity contribution in [3.8, 4) is 5.75 Å². The van der Waals surface area contributed by atoms with Crippen LogP contribution in [0.15, 0.2) is 94.7 Å².